The van der Waals surface area contributed by atoms with E-state index in [0.29, 0.717) is 7.25 Å². The summed E-state index contributed by atoms with van der Waals surface area (Å²) >= 11 is -1.27. The summed E-state index contributed by atoms with van der Waals surface area (Å²) in [6, 6.07) is 58.6. The van der Waals surface area contributed by atoms with E-state index in [0.717, 1.165) is 0 Å². The molecule has 2 aliphatic rings. The average molecular weight is 723 g/mol. The molecule has 2 aromatic heterocycles. The molecule has 0 spiro atoms. The Bertz CT molecular complexity index is 2230. The van der Waals surface area contributed by atoms with Gasteiger partial charge in [0, 0.05) is 0 Å². The van der Waals surface area contributed by atoms with Crippen LogP contribution in [0.5, 0.6) is 0 Å². The first kappa shape index (κ1) is 30.2. The number of rotatable bonds is 4. The summed E-state index contributed by atoms with van der Waals surface area (Å²) in [5, 5.41) is 2.72. The predicted molar refractivity (Wildman–Crippen MR) is 181 cm³/mol. The Balaban J connectivity index is 0.00000162. The van der Waals surface area contributed by atoms with E-state index in [1.54, 1.807) is 0 Å². The van der Waals surface area contributed by atoms with Crippen molar-refractivity contribution in [1.29, 1.82) is 0 Å². The van der Waals surface area contributed by atoms with E-state index in [9.17, 15) is 0 Å². The molecule has 0 amide bonds. The van der Waals surface area contributed by atoms with Crippen molar-refractivity contribution in [3.8, 4) is 33.6 Å². The van der Waals surface area contributed by atoms with Crippen molar-refractivity contribution in [1.82, 2.24) is 9.13 Å². The maximum atomic E-state index is 2.59. The molecule has 2 aliphatic carbocycles. The summed E-state index contributed by atoms with van der Waals surface area (Å²) in [7, 11) is 0. The SMILES string of the molecule is [Cl-].[Cl-].c1ccc(-n2c3c(c4ccccc42)-c2ccccc2[CH]3[Zr+2][CH]2c3ccccc3-c3c2n(-c2ccccc2)c2ccccc32)cc1. The van der Waals surface area contributed by atoms with Crippen LogP contribution in [0.2, 0.25) is 0 Å². The zero-order valence-electron chi connectivity index (χ0n) is 25.3. The van der Waals surface area contributed by atoms with Gasteiger partial charge in [0.2, 0.25) is 0 Å². The van der Waals surface area contributed by atoms with Crippen LogP contribution in [-0.4, -0.2) is 9.13 Å². The van der Waals surface area contributed by atoms with Crippen LogP contribution in [0.15, 0.2) is 158 Å². The number of benzene rings is 6. The van der Waals surface area contributed by atoms with E-state index < -0.39 is 23.2 Å². The van der Waals surface area contributed by atoms with Crippen LogP contribution < -0.4 is 24.8 Å². The monoisotopic (exact) mass is 720 g/mol. The quantitative estimate of drug-likeness (QED) is 0.254. The van der Waals surface area contributed by atoms with Crippen molar-refractivity contribution in [2.75, 3.05) is 0 Å². The van der Waals surface area contributed by atoms with Crippen LogP contribution in [0.4, 0.5) is 0 Å². The van der Waals surface area contributed by atoms with E-state index in [1.165, 1.54) is 77.9 Å². The number of para-hydroxylation sites is 4. The molecule has 2 heterocycles. The standard InChI is InChI=1S/2C21H14N.2ClH.Zr/c2*1-2-9-16(10-3-1)22-19-13-7-6-12-18(19)21-17-11-5-4-8-15(17)14-20(21)22;;;/h2*1-14H;2*1H;/q;;;;+2/p-2. The summed E-state index contributed by atoms with van der Waals surface area (Å²) in [4.78, 5) is 0. The van der Waals surface area contributed by atoms with E-state index in [-0.39, 0.29) is 24.8 Å². The molecule has 2 atom stereocenters. The molecule has 0 aliphatic heterocycles. The normalized spacial score (nSPS) is 15.2. The minimum absolute atomic E-state index is 0. The van der Waals surface area contributed by atoms with E-state index in [4.69, 9.17) is 0 Å². The summed E-state index contributed by atoms with van der Waals surface area (Å²) in [5.74, 6) is 0. The number of aromatic nitrogens is 2. The molecule has 0 N–H and O–H groups in total. The predicted octanol–water partition coefficient (Wildman–Crippen LogP) is 4.50. The third-order valence-corrected chi connectivity index (χ3v) is 14.3. The molecule has 10 rings (SSSR count). The Labute approximate surface area is 298 Å². The van der Waals surface area contributed by atoms with Gasteiger partial charge in [-0.1, -0.05) is 0 Å². The summed E-state index contributed by atoms with van der Waals surface area (Å²) in [6.45, 7) is 0. The average Bonchev–Trinajstić information content (AvgIpc) is 3.81. The van der Waals surface area contributed by atoms with Crippen molar-refractivity contribution in [2.45, 2.75) is 7.25 Å². The number of fused-ring (bicyclic) bond motifs is 10. The van der Waals surface area contributed by atoms with Gasteiger partial charge >= 0.3 is 275 Å². The summed E-state index contributed by atoms with van der Waals surface area (Å²) in [6.07, 6.45) is 0. The van der Waals surface area contributed by atoms with Crippen LogP contribution in [0.3, 0.4) is 0 Å². The van der Waals surface area contributed by atoms with Crippen molar-refractivity contribution >= 4 is 21.8 Å². The van der Waals surface area contributed by atoms with Crippen LogP contribution in [0, 0.1) is 0 Å². The van der Waals surface area contributed by atoms with Gasteiger partial charge in [-0.05, 0) is 0 Å². The van der Waals surface area contributed by atoms with Gasteiger partial charge in [0.05, 0.1) is 0 Å². The number of hydrogen-bond donors (Lipinski definition) is 0. The van der Waals surface area contributed by atoms with Gasteiger partial charge in [-0.3, -0.25) is 0 Å². The maximum absolute atomic E-state index is 2.59. The molecule has 0 bridgehead atoms. The Hall–Kier alpha value is -4.14. The Morgan fingerprint density at radius 3 is 1.19 bits per heavy atom. The van der Waals surface area contributed by atoms with Crippen molar-refractivity contribution in [3.05, 3.63) is 180 Å². The molecule has 224 valence electrons. The number of nitrogens with zero attached hydrogens (tertiary/aromatic N) is 2. The first-order chi connectivity index (χ1) is 22.4. The summed E-state index contributed by atoms with van der Waals surface area (Å²) < 4.78 is 5.98. The molecule has 0 radical (unpaired) electrons. The molecule has 5 heteroatoms. The van der Waals surface area contributed by atoms with Gasteiger partial charge in [-0.2, -0.15) is 0 Å². The third kappa shape index (κ3) is 4.34. The second-order valence-electron chi connectivity index (χ2n) is 12.1. The third-order valence-electron chi connectivity index (χ3n) is 9.81. The zero-order valence-corrected chi connectivity index (χ0v) is 29.3. The second kappa shape index (κ2) is 11.8. The molecular formula is C42H28Cl2N2Zr. The van der Waals surface area contributed by atoms with Gasteiger partial charge in [0.25, 0.3) is 0 Å². The van der Waals surface area contributed by atoms with Crippen LogP contribution in [-0.2, 0) is 23.2 Å². The fourth-order valence-electron chi connectivity index (χ4n) is 8.09. The van der Waals surface area contributed by atoms with Gasteiger partial charge in [-0.25, -0.2) is 0 Å². The Morgan fingerprint density at radius 1 is 0.383 bits per heavy atom. The second-order valence-corrected chi connectivity index (χ2v) is 15.8. The molecule has 0 saturated heterocycles. The minimum atomic E-state index is -1.27. The van der Waals surface area contributed by atoms with E-state index in [1.807, 2.05) is 0 Å². The topological polar surface area (TPSA) is 9.86 Å². The molecule has 2 nitrogen and oxygen atoms in total. The number of halogens is 2. The fourth-order valence-corrected chi connectivity index (χ4v) is 13.2. The molecule has 6 aromatic carbocycles. The van der Waals surface area contributed by atoms with Gasteiger partial charge in [0.1, 0.15) is 0 Å². The molecule has 0 fully saturated rings. The van der Waals surface area contributed by atoms with Crippen molar-refractivity contribution in [3.63, 3.8) is 0 Å². The Kier molecular flexibility index (Phi) is 7.61. The van der Waals surface area contributed by atoms with Gasteiger partial charge < -0.3 is 24.8 Å². The fraction of sp³-hybridized carbons (Fsp3) is 0.0476. The summed E-state index contributed by atoms with van der Waals surface area (Å²) in [5.41, 5.74) is 16.8. The van der Waals surface area contributed by atoms with E-state index in [2.05, 4.69) is 167 Å². The first-order valence-electron chi connectivity index (χ1n) is 15.7. The molecule has 0 saturated carbocycles. The van der Waals surface area contributed by atoms with Gasteiger partial charge in [-0.15, -0.1) is 0 Å². The first-order valence-corrected chi connectivity index (χ1v) is 18.5. The van der Waals surface area contributed by atoms with Crippen molar-refractivity contribution in [2.24, 2.45) is 0 Å². The molecule has 8 aromatic rings. The van der Waals surface area contributed by atoms with Crippen LogP contribution in [0.1, 0.15) is 29.8 Å². The van der Waals surface area contributed by atoms with Gasteiger partial charge in [0.15, 0.2) is 0 Å². The molecular weight excluding hydrogens is 695 g/mol. The van der Waals surface area contributed by atoms with E-state index >= 15 is 0 Å². The molecule has 2 unspecified atom stereocenters. The van der Waals surface area contributed by atoms with Crippen molar-refractivity contribution < 1.29 is 48.0 Å². The van der Waals surface area contributed by atoms with Crippen LogP contribution in [0.25, 0.3) is 55.4 Å². The zero-order chi connectivity index (χ0) is 29.5. The van der Waals surface area contributed by atoms with Crippen LogP contribution >= 0.6 is 0 Å². The molecule has 47 heavy (non-hydrogen) atoms. The number of hydrogen-bond acceptors (Lipinski definition) is 0. The Morgan fingerprint density at radius 2 is 0.745 bits per heavy atom.